The van der Waals surface area contributed by atoms with Crippen LogP contribution in [0.5, 0.6) is 5.75 Å². The lowest BCUT2D eigenvalue weighted by Crippen LogP contribution is -2.23. The Hall–Kier alpha value is -2.49. The van der Waals surface area contributed by atoms with Crippen LogP contribution >= 0.6 is 0 Å². The highest BCUT2D eigenvalue weighted by molar-refractivity contribution is 5.80. The molecule has 2 heterocycles. The van der Waals surface area contributed by atoms with Gasteiger partial charge < -0.3 is 10.4 Å². The van der Waals surface area contributed by atoms with Crippen molar-refractivity contribution in [3.63, 3.8) is 0 Å². The number of fused-ring (bicyclic) bond motifs is 1. The third-order valence-electron chi connectivity index (χ3n) is 4.88. The van der Waals surface area contributed by atoms with Crippen molar-refractivity contribution in [2.75, 3.05) is 5.32 Å². The van der Waals surface area contributed by atoms with Crippen molar-refractivity contribution in [1.29, 1.82) is 0 Å². The molecule has 0 unspecified atom stereocenters. The number of hydrogen-bond donors (Lipinski definition) is 2. The summed E-state index contributed by atoms with van der Waals surface area (Å²) in [5, 5.41) is 14.1. The molecule has 0 atom stereocenters. The van der Waals surface area contributed by atoms with Crippen LogP contribution in [0.15, 0.2) is 42.6 Å². The van der Waals surface area contributed by atoms with Gasteiger partial charge in [0.15, 0.2) is 0 Å². The summed E-state index contributed by atoms with van der Waals surface area (Å²) >= 11 is 0. The summed E-state index contributed by atoms with van der Waals surface area (Å²) < 4.78 is 2.09. The molecule has 4 rings (SSSR count). The zero-order valence-corrected chi connectivity index (χ0v) is 14.0. The maximum Gasteiger partial charge on any atom is 0.139 e. The number of pyridine rings is 1. The maximum atomic E-state index is 10.4. The summed E-state index contributed by atoms with van der Waals surface area (Å²) in [4.78, 5) is 4.78. The van der Waals surface area contributed by atoms with Crippen LogP contribution in [0, 0.1) is 6.92 Å². The third kappa shape index (κ3) is 2.73. The number of nitrogens with zero attached hydrogens (tertiary/aromatic N) is 2. The molecule has 1 aliphatic rings. The topological polar surface area (TPSA) is 49.6 Å². The fourth-order valence-corrected chi connectivity index (χ4v) is 3.60. The van der Waals surface area contributed by atoms with Gasteiger partial charge in [0, 0.05) is 17.8 Å². The van der Waals surface area contributed by atoms with Gasteiger partial charge >= 0.3 is 0 Å². The molecular formula is C20H23N3O. The lowest BCUT2D eigenvalue weighted by molar-refractivity contribution is 0.461. The van der Waals surface area contributed by atoms with E-state index in [9.17, 15) is 5.11 Å². The molecule has 0 radical (unpaired) electrons. The number of nitrogens with one attached hydrogen (secondary N) is 1. The van der Waals surface area contributed by atoms with E-state index < -0.39 is 0 Å². The Kier molecular flexibility index (Phi) is 3.89. The molecule has 2 N–H and O–H groups in total. The molecule has 2 aromatic heterocycles. The second kappa shape index (κ2) is 6.19. The van der Waals surface area contributed by atoms with Crippen molar-refractivity contribution in [2.24, 2.45) is 0 Å². The first-order valence-electron chi connectivity index (χ1n) is 8.76. The minimum atomic E-state index is 0.283. The van der Waals surface area contributed by atoms with Gasteiger partial charge in [-0.15, -0.1) is 0 Å². The Morgan fingerprint density at radius 1 is 1.12 bits per heavy atom. The summed E-state index contributed by atoms with van der Waals surface area (Å²) in [5.41, 5.74) is 3.54. The van der Waals surface area contributed by atoms with Gasteiger partial charge in [0.25, 0.3) is 0 Å². The van der Waals surface area contributed by atoms with Crippen molar-refractivity contribution in [2.45, 2.75) is 45.1 Å². The van der Waals surface area contributed by atoms with E-state index in [2.05, 4.69) is 9.72 Å². The highest BCUT2D eigenvalue weighted by atomic mass is 16.3. The minimum absolute atomic E-state index is 0.283. The van der Waals surface area contributed by atoms with E-state index in [4.69, 9.17) is 4.98 Å². The summed E-state index contributed by atoms with van der Waals surface area (Å²) in [7, 11) is 0. The van der Waals surface area contributed by atoms with Gasteiger partial charge in [-0.3, -0.25) is 4.40 Å². The van der Waals surface area contributed by atoms with Crippen LogP contribution in [0.1, 0.15) is 37.7 Å². The Labute approximate surface area is 142 Å². The molecule has 0 saturated heterocycles. The predicted molar refractivity (Wildman–Crippen MR) is 97.5 cm³/mol. The van der Waals surface area contributed by atoms with Crippen LogP contribution in [0.2, 0.25) is 0 Å². The zero-order chi connectivity index (χ0) is 16.5. The minimum Gasteiger partial charge on any atom is -0.507 e. The van der Waals surface area contributed by atoms with Crippen LogP contribution in [0.3, 0.4) is 0 Å². The summed E-state index contributed by atoms with van der Waals surface area (Å²) in [6.45, 7) is 1.98. The van der Waals surface area contributed by atoms with Crippen LogP contribution in [0.4, 0.5) is 5.82 Å². The average Bonchev–Trinajstić information content (AvgIpc) is 2.94. The maximum absolute atomic E-state index is 10.4. The Bertz CT molecular complexity index is 862. The molecule has 3 aromatic rings. The lowest BCUT2D eigenvalue weighted by atomic mass is 9.95. The lowest BCUT2D eigenvalue weighted by Gasteiger charge is -2.24. The van der Waals surface area contributed by atoms with Crippen LogP contribution in [0.25, 0.3) is 16.9 Å². The fraction of sp³-hybridized carbons (Fsp3) is 0.350. The fourth-order valence-electron chi connectivity index (χ4n) is 3.60. The third-order valence-corrected chi connectivity index (χ3v) is 4.88. The molecule has 24 heavy (non-hydrogen) atoms. The first-order chi connectivity index (χ1) is 11.7. The normalized spacial score (nSPS) is 15.7. The number of benzene rings is 1. The second-order valence-electron chi connectivity index (χ2n) is 6.74. The molecule has 0 spiro atoms. The molecule has 1 aliphatic carbocycles. The van der Waals surface area contributed by atoms with E-state index in [1.165, 1.54) is 32.1 Å². The van der Waals surface area contributed by atoms with Gasteiger partial charge in [-0.25, -0.2) is 4.98 Å². The Balaban J connectivity index is 1.83. The van der Waals surface area contributed by atoms with E-state index in [1.54, 1.807) is 6.07 Å². The molecule has 4 heteroatoms. The molecule has 1 fully saturated rings. The standard InChI is InChI=1S/C20H23N3O/c1-14-10-11-16(17(24)13-14)19-20(21-15-7-3-2-4-8-15)23-12-6-5-9-18(23)22-19/h5-6,9-13,15,21,24H,2-4,7-8H2,1H3. The van der Waals surface area contributed by atoms with E-state index in [0.717, 1.165) is 28.3 Å². The summed E-state index contributed by atoms with van der Waals surface area (Å²) in [6.07, 6.45) is 8.30. The molecular weight excluding hydrogens is 298 g/mol. The van der Waals surface area contributed by atoms with E-state index >= 15 is 0 Å². The number of aryl methyl sites for hydroxylation is 1. The highest BCUT2D eigenvalue weighted by Crippen LogP contribution is 2.36. The van der Waals surface area contributed by atoms with E-state index in [1.807, 2.05) is 43.5 Å². The smallest absolute Gasteiger partial charge is 0.139 e. The van der Waals surface area contributed by atoms with Crippen LogP contribution < -0.4 is 5.32 Å². The number of aromatic hydroxyl groups is 1. The summed E-state index contributed by atoms with van der Waals surface area (Å²) in [6, 6.07) is 12.3. The highest BCUT2D eigenvalue weighted by Gasteiger charge is 2.20. The zero-order valence-electron chi connectivity index (χ0n) is 14.0. The predicted octanol–water partition coefficient (Wildman–Crippen LogP) is 4.76. The number of phenolic OH excluding ortho intramolecular Hbond substituents is 1. The number of hydrogen-bond acceptors (Lipinski definition) is 3. The van der Waals surface area contributed by atoms with E-state index in [-0.39, 0.29) is 5.75 Å². The summed E-state index contributed by atoms with van der Waals surface area (Å²) in [5.74, 6) is 1.27. The molecule has 0 bridgehead atoms. The van der Waals surface area contributed by atoms with Gasteiger partial charge in [-0.2, -0.15) is 0 Å². The second-order valence-corrected chi connectivity index (χ2v) is 6.74. The van der Waals surface area contributed by atoms with Crippen molar-refractivity contribution in [3.8, 4) is 17.0 Å². The van der Waals surface area contributed by atoms with Gasteiger partial charge in [0.2, 0.25) is 0 Å². The van der Waals surface area contributed by atoms with Gasteiger partial charge in [0.05, 0.1) is 0 Å². The average molecular weight is 321 g/mol. The number of aromatic nitrogens is 2. The monoisotopic (exact) mass is 321 g/mol. The number of rotatable bonds is 3. The molecule has 0 amide bonds. The van der Waals surface area contributed by atoms with Crippen molar-refractivity contribution >= 4 is 11.5 Å². The number of phenols is 1. The van der Waals surface area contributed by atoms with Gasteiger partial charge in [-0.1, -0.05) is 31.4 Å². The first-order valence-corrected chi connectivity index (χ1v) is 8.76. The van der Waals surface area contributed by atoms with Gasteiger partial charge in [0.1, 0.15) is 22.9 Å². The SMILES string of the molecule is Cc1ccc(-c2nc3ccccn3c2NC2CCCCC2)c(O)c1. The van der Waals surface area contributed by atoms with Crippen molar-refractivity contribution < 1.29 is 5.11 Å². The molecule has 1 aromatic carbocycles. The molecule has 4 nitrogen and oxygen atoms in total. The van der Waals surface area contributed by atoms with Crippen LogP contribution in [-0.4, -0.2) is 20.5 Å². The number of anilines is 1. The van der Waals surface area contributed by atoms with Crippen molar-refractivity contribution in [1.82, 2.24) is 9.38 Å². The first kappa shape index (κ1) is 15.1. The quantitative estimate of drug-likeness (QED) is 0.731. The molecule has 124 valence electrons. The Morgan fingerprint density at radius 2 is 1.96 bits per heavy atom. The Morgan fingerprint density at radius 3 is 2.75 bits per heavy atom. The van der Waals surface area contributed by atoms with Crippen LogP contribution in [-0.2, 0) is 0 Å². The largest absolute Gasteiger partial charge is 0.507 e. The van der Waals surface area contributed by atoms with Crippen molar-refractivity contribution in [3.05, 3.63) is 48.2 Å². The van der Waals surface area contributed by atoms with E-state index in [0.29, 0.717) is 6.04 Å². The van der Waals surface area contributed by atoms with Gasteiger partial charge in [-0.05, 0) is 49.6 Å². The molecule has 0 aliphatic heterocycles. The molecule has 1 saturated carbocycles. The number of imidazole rings is 1.